The smallest absolute Gasteiger partial charge is 0.425 e. The molecule has 4 rings (SSSR count). The third kappa shape index (κ3) is 9.70. The van der Waals surface area contributed by atoms with Crippen molar-refractivity contribution in [1.29, 1.82) is 0 Å². The fourth-order valence-electron chi connectivity index (χ4n) is 4.97. The van der Waals surface area contributed by atoms with Gasteiger partial charge in [-0.15, -0.1) is 0 Å². The minimum Gasteiger partial charge on any atom is -0.443 e. The van der Waals surface area contributed by atoms with Gasteiger partial charge in [0.05, 0.1) is 6.61 Å². The summed E-state index contributed by atoms with van der Waals surface area (Å²) in [6.45, 7) is 14.4. The van der Waals surface area contributed by atoms with E-state index in [4.69, 9.17) is 15.2 Å². The minimum atomic E-state index is -0.923. The number of amides is 3. The predicted octanol–water partition coefficient (Wildman–Crippen LogP) is 7.23. The van der Waals surface area contributed by atoms with Gasteiger partial charge in [-0.05, 0) is 100 Å². The molecule has 0 spiro atoms. The molecule has 5 N–H and O–H groups in total. The van der Waals surface area contributed by atoms with Gasteiger partial charge in [0.15, 0.2) is 5.82 Å². The van der Waals surface area contributed by atoms with E-state index in [-0.39, 0.29) is 24.9 Å². The number of nitrogens with two attached hydrogens (primary N) is 1. The lowest BCUT2D eigenvalue weighted by Gasteiger charge is -2.28. The summed E-state index contributed by atoms with van der Waals surface area (Å²) in [6.07, 6.45) is -0.358. The molecular formula is C38H47N5O6. The van der Waals surface area contributed by atoms with Crippen LogP contribution in [0.4, 0.5) is 26.8 Å². The predicted molar refractivity (Wildman–Crippen MR) is 192 cm³/mol. The summed E-state index contributed by atoms with van der Waals surface area (Å²) in [4.78, 5) is 45.6. The van der Waals surface area contributed by atoms with Gasteiger partial charge in [-0.1, -0.05) is 50.2 Å². The molecule has 11 heteroatoms. The number of anilines is 3. The molecule has 1 aromatic heterocycles. The largest absolute Gasteiger partial charge is 0.443 e. The highest BCUT2D eigenvalue weighted by Crippen LogP contribution is 2.32. The molecule has 49 heavy (non-hydrogen) atoms. The average molecular weight is 670 g/mol. The highest BCUT2D eigenvalue weighted by Gasteiger charge is 2.34. The number of aliphatic hydroxyl groups is 1. The lowest BCUT2D eigenvalue weighted by atomic mass is 9.85. The maximum atomic E-state index is 13.8. The van der Waals surface area contributed by atoms with Gasteiger partial charge >= 0.3 is 12.2 Å². The summed E-state index contributed by atoms with van der Waals surface area (Å²) in [7, 11) is 0. The summed E-state index contributed by atoms with van der Waals surface area (Å²) in [6, 6.07) is 21.1. The summed E-state index contributed by atoms with van der Waals surface area (Å²) < 4.78 is 11.1. The van der Waals surface area contributed by atoms with Crippen molar-refractivity contribution < 1.29 is 29.0 Å². The number of nitrogens with zero attached hydrogens (tertiary/aromatic N) is 2. The van der Waals surface area contributed by atoms with Crippen LogP contribution in [-0.4, -0.2) is 46.0 Å². The maximum absolute atomic E-state index is 13.8. The molecular weight excluding hydrogens is 622 g/mol. The lowest BCUT2D eigenvalue weighted by molar-refractivity contribution is -0.122. The topological polar surface area (TPSA) is 156 Å². The van der Waals surface area contributed by atoms with Crippen LogP contribution >= 0.6 is 0 Å². The van der Waals surface area contributed by atoms with E-state index < -0.39 is 34.8 Å². The minimum absolute atomic E-state index is 0.0259. The second-order valence-electron chi connectivity index (χ2n) is 14.6. The molecule has 3 aromatic carbocycles. The molecule has 1 heterocycles. The third-order valence-electron chi connectivity index (χ3n) is 7.52. The lowest BCUT2D eigenvalue weighted by Crippen LogP contribution is -2.44. The van der Waals surface area contributed by atoms with Crippen LogP contribution in [0.3, 0.4) is 0 Å². The fourth-order valence-corrected chi connectivity index (χ4v) is 4.97. The molecule has 1 atom stereocenters. The highest BCUT2D eigenvalue weighted by atomic mass is 16.6. The van der Waals surface area contributed by atoms with E-state index in [1.165, 1.54) is 6.20 Å². The van der Waals surface area contributed by atoms with E-state index in [2.05, 4.69) is 15.6 Å². The number of ether oxygens (including phenoxy) is 2. The van der Waals surface area contributed by atoms with Crippen LogP contribution in [0.15, 0.2) is 79.0 Å². The van der Waals surface area contributed by atoms with Gasteiger partial charge in [-0.3, -0.25) is 4.79 Å². The first-order valence-corrected chi connectivity index (χ1v) is 16.1. The number of fused-ring (bicyclic) bond motifs is 1. The van der Waals surface area contributed by atoms with Crippen molar-refractivity contribution in [3.63, 3.8) is 0 Å². The molecule has 0 radical (unpaired) electrons. The zero-order valence-electron chi connectivity index (χ0n) is 29.5. The number of pyridine rings is 1. The Balaban J connectivity index is 1.71. The Labute approximate surface area is 287 Å². The second-order valence-corrected chi connectivity index (χ2v) is 14.6. The van der Waals surface area contributed by atoms with Crippen molar-refractivity contribution in [3.05, 3.63) is 95.7 Å². The van der Waals surface area contributed by atoms with E-state index in [0.29, 0.717) is 27.7 Å². The first-order chi connectivity index (χ1) is 22.9. The van der Waals surface area contributed by atoms with Crippen molar-refractivity contribution in [1.82, 2.24) is 10.3 Å². The molecule has 3 amide bonds. The quantitative estimate of drug-likeness (QED) is 0.135. The van der Waals surface area contributed by atoms with Gasteiger partial charge in [0.1, 0.15) is 17.2 Å². The van der Waals surface area contributed by atoms with Crippen molar-refractivity contribution in [2.75, 3.05) is 22.6 Å². The van der Waals surface area contributed by atoms with Gasteiger partial charge in [-0.25, -0.2) is 14.6 Å². The first-order valence-electron chi connectivity index (χ1n) is 16.1. The van der Waals surface area contributed by atoms with Crippen LogP contribution in [0.1, 0.15) is 78.1 Å². The summed E-state index contributed by atoms with van der Waals surface area (Å²) >= 11 is 0. The number of carbonyl (C=O) groups excluding carboxylic acids is 3. The van der Waals surface area contributed by atoms with Crippen LogP contribution in [0.5, 0.6) is 0 Å². The molecule has 1 unspecified atom stereocenters. The molecule has 0 saturated heterocycles. The summed E-state index contributed by atoms with van der Waals surface area (Å²) in [5.41, 5.74) is 7.43. The second kappa shape index (κ2) is 14.5. The summed E-state index contributed by atoms with van der Waals surface area (Å²) in [5.74, 6) is -0.223. The molecule has 260 valence electrons. The van der Waals surface area contributed by atoms with Gasteiger partial charge in [-0.2, -0.15) is 4.90 Å². The monoisotopic (exact) mass is 669 g/mol. The van der Waals surface area contributed by atoms with Gasteiger partial charge < -0.3 is 30.9 Å². The standard InChI is InChI=1S/C38H47N5O6/c1-36(2,3)48-34(46)43(35(47)49-37(4,5)6)32-30-17-16-29(21-26(30)18-19-40-32)42-31(25-12-14-27(15-13-25)38(7,8)23-44)33(45)41-22-24-10-9-11-28(39)20-24/h9-21,31,42,44H,22-23,39H2,1-8H3,(H,41,45). The summed E-state index contributed by atoms with van der Waals surface area (Å²) in [5, 5.41) is 17.4. The number of aromatic nitrogens is 1. The molecule has 0 aliphatic carbocycles. The van der Waals surface area contributed by atoms with E-state index in [1.807, 2.05) is 56.3 Å². The number of hydrogen-bond donors (Lipinski definition) is 4. The zero-order valence-corrected chi connectivity index (χ0v) is 29.5. The van der Waals surface area contributed by atoms with Crippen LogP contribution in [-0.2, 0) is 26.2 Å². The SMILES string of the molecule is CC(C)(C)OC(=O)N(C(=O)OC(C)(C)C)c1nccc2cc(NC(C(=O)NCc3cccc(N)c3)c3ccc(C(C)(C)CO)cc3)ccc12. The third-order valence-corrected chi connectivity index (χ3v) is 7.52. The van der Waals surface area contributed by atoms with E-state index in [1.54, 1.807) is 71.9 Å². The molecule has 4 aromatic rings. The highest BCUT2D eigenvalue weighted by molar-refractivity contribution is 6.14. The number of nitrogens with one attached hydrogen (secondary N) is 2. The Morgan fingerprint density at radius 1 is 0.857 bits per heavy atom. The van der Waals surface area contributed by atoms with Crippen molar-refractivity contribution >= 4 is 46.1 Å². The average Bonchev–Trinajstić information content (AvgIpc) is 3.01. The Kier molecular flexibility index (Phi) is 10.9. The van der Waals surface area contributed by atoms with Gasteiger partial charge in [0.2, 0.25) is 5.91 Å². The number of imide groups is 1. The van der Waals surface area contributed by atoms with Crippen molar-refractivity contribution in [2.45, 2.75) is 84.6 Å². The number of benzene rings is 3. The van der Waals surface area contributed by atoms with Gasteiger partial charge in [0.25, 0.3) is 0 Å². The number of carbonyl (C=O) groups is 3. The molecule has 11 nitrogen and oxygen atoms in total. The Hall–Kier alpha value is -5.16. The number of nitrogen functional groups attached to an aromatic ring is 1. The number of hydrogen-bond acceptors (Lipinski definition) is 9. The van der Waals surface area contributed by atoms with Crippen LogP contribution in [0, 0.1) is 0 Å². The maximum Gasteiger partial charge on any atom is 0.425 e. The fraction of sp³-hybridized carbons (Fsp3) is 0.368. The zero-order chi connectivity index (χ0) is 36.1. The Morgan fingerprint density at radius 3 is 2.06 bits per heavy atom. The van der Waals surface area contributed by atoms with E-state index in [0.717, 1.165) is 16.0 Å². The molecule has 0 fully saturated rings. The van der Waals surface area contributed by atoms with E-state index in [9.17, 15) is 19.5 Å². The number of aliphatic hydroxyl groups excluding tert-OH is 1. The van der Waals surface area contributed by atoms with E-state index >= 15 is 0 Å². The van der Waals surface area contributed by atoms with Crippen LogP contribution in [0.25, 0.3) is 10.8 Å². The molecule has 0 aliphatic rings. The van der Waals surface area contributed by atoms with Crippen molar-refractivity contribution in [3.8, 4) is 0 Å². The van der Waals surface area contributed by atoms with Crippen LogP contribution in [0.2, 0.25) is 0 Å². The molecule has 0 saturated carbocycles. The van der Waals surface area contributed by atoms with Crippen molar-refractivity contribution in [2.24, 2.45) is 0 Å². The Bertz CT molecular complexity index is 1780. The number of rotatable bonds is 9. The van der Waals surface area contributed by atoms with Gasteiger partial charge in [0, 0.05) is 34.9 Å². The van der Waals surface area contributed by atoms with Crippen LogP contribution < -0.4 is 21.3 Å². The molecule has 0 aliphatic heterocycles. The normalized spacial score (nSPS) is 12.6. The first kappa shape index (κ1) is 36.7. The molecule has 0 bridgehead atoms. The Morgan fingerprint density at radius 2 is 1.49 bits per heavy atom.